The predicted molar refractivity (Wildman–Crippen MR) is 109 cm³/mol. The lowest BCUT2D eigenvalue weighted by Crippen LogP contribution is -2.49. The van der Waals surface area contributed by atoms with Gasteiger partial charge in [0.25, 0.3) is 0 Å². The van der Waals surface area contributed by atoms with Gasteiger partial charge in [0.15, 0.2) is 5.65 Å². The summed E-state index contributed by atoms with van der Waals surface area (Å²) in [5.41, 5.74) is 2.06. The van der Waals surface area contributed by atoms with Crippen LogP contribution in [0.1, 0.15) is 16.8 Å². The SMILES string of the molecule is Cc1cccc(N2CCN(C(=O)Cc3cn4cc(C(F)(F)F)cc(Cl)c4n3)CC2)c1. The lowest BCUT2D eigenvalue weighted by Gasteiger charge is -2.36. The summed E-state index contributed by atoms with van der Waals surface area (Å²) in [6, 6.07) is 9.08. The largest absolute Gasteiger partial charge is 0.417 e. The minimum absolute atomic E-state index is 0.0177. The van der Waals surface area contributed by atoms with Crippen LogP contribution in [0.5, 0.6) is 0 Å². The number of halogens is 4. The van der Waals surface area contributed by atoms with E-state index in [1.54, 1.807) is 4.90 Å². The third-order valence-corrected chi connectivity index (χ3v) is 5.49. The minimum Gasteiger partial charge on any atom is -0.368 e. The van der Waals surface area contributed by atoms with Crippen LogP contribution in [0.25, 0.3) is 5.65 Å². The number of piperazine rings is 1. The molecule has 1 amide bonds. The number of hydrogen-bond acceptors (Lipinski definition) is 3. The van der Waals surface area contributed by atoms with E-state index in [0.717, 1.165) is 31.0 Å². The van der Waals surface area contributed by atoms with Crippen LogP contribution in [0.2, 0.25) is 5.02 Å². The standard InChI is InChI=1S/C21H20ClF3N4O/c1-14-3-2-4-17(9-14)27-5-7-28(8-6-27)19(30)11-16-13-29-12-15(21(23,24)25)10-18(22)20(29)26-16/h2-4,9-10,12-13H,5-8,11H2,1H3. The van der Waals surface area contributed by atoms with Gasteiger partial charge in [0.2, 0.25) is 5.91 Å². The summed E-state index contributed by atoms with van der Waals surface area (Å²) in [5.74, 6) is -0.102. The Kier molecular flexibility index (Phi) is 5.36. The van der Waals surface area contributed by atoms with Gasteiger partial charge in [-0.25, -0.2) is 4.98 Å². The Morgan fingerprint density at radius 2 is 1.87 bits per heavy atom. The van der Waals surface area contributed by atoms with E-state index in [4.69, 9.17) is 11.6 Å². The number of benzene rings is 1. The molecule has 1 saturated heterocycles. The lowest BCUT2D eigenvalue weighted by atomic mass is 10.2. The highest BCUT2D eigenvalue weighted by Gasteiger charge is 2.32. The summed E-state index contributed by atoms with van der Waals surface area (Å²) >= 11 is 5.97. The molecule has 158 valence electrons. The zero-order valence-corrected chi connectivity index (χ0v) is 17.0. The third-order valence-electron chi connectivity index (χ3n) is 5.22. The first-order valence-electron chi connectivity index (χ1n) is 9.54. The van der Waals surface area contributed by atoms with Gasteiger partial charge in [-0.1, -0.05) is 23.7 Å². The molecule has 0 aliphatic carbocycles. The molecule has 0 radical (unpaired) electrons. The number of aryl methyl sites for hydroxylation is 1. The number of pyridine rings is 1. The first-order chi connectivity index (χ1) is 14.2. The fourth-order valence-electron chi connectivity index (χ4n) is 3.65. The number of hydrogen-bond donors (Lipinski definition) is 0. The number of fused-ring (bicyclic) bond motifs is 1. The summed E-state index contributed by atoms with van der Waals surface area (Å²) in [6.45, 7) is 4.66. The molecule has 4 rings (SSSR count). The number of aromatic nitrogens is 2. The van der Waals surface area contributed by atoms with Crippen LogP contribution in [0.3, 0.4) is 0 Å². The van der Waals surface area contributed by atoms with E-state index in [0.29, 0.717) is 18.8 Å². The average Bonchev–Trinajstić information content (AvgIpc) is 3.10. The molecule has 3 heterocycles. The summed E-state index contributed by atoms with van der Waals surface area (Å²) < 4.78 is 40.1. The van der Waals surface area contributed by atoms with E-state index in [1.807, 2.05) is 19.1 Å². The molecule has 0 saturated carbocycles. The molecule has 3 aromatic rings. The topological polar surface area (TPSA) is 40.9 Å². The van der Waals surface area contributed by atoms with Gasteiger partial charge in [-0.15, -0.1) is 0 Å². The van der Waals surface area contributed by atoms with Crippen molar-refractivity contribution in [2.24, 2.45) is 0 Å². The van der Waals surface area contributed by atoms with E-state index >= 15 is 0 Å². The van der Waals surface area contributed by atoms with Gasteiger partial charge >= 0.3 is 6.18 Å². The van der Waals surface area contributed by atoms with Crippen molar-refractivity contribution in [1.82, 2.24) is 14.3 Å². The molecule has 0 atom stereocenters. The molecule has 5 nitrogen and oxygen atoms in total. The van der Waals surface area contributed by atoms with Gasteiger partial charge < -0.3 is 14.2 Å². The van der Waals surface area contributed by atoms with Crippen LogP contribution in [0, 0.1) is 6.92 Å². The van der Waals surface area contributed by atoms with Gasteiger partial charge in [-0.05, 0) is 30.7 Å². The second kappa shape index (κ2) is 7.83. The van der Waals surface area contributed by atoms with Crippen LogP contribution in [0.15, 0.2) is 42.7 Å². The van der Waals surface area contributed by atoms with Crippen LogP contribution < -0.4 is 4.90 Å². The summed E-state index contributed by atoms with van der Waals surface area (Å²) in [6.07, 6.45) is -2.13. The number of imidazole rings is 1. The second-order valence-electron chi connectivity index (χ2n) is 7.42. The van der Waals surface area contributed by atoms with Crippen molar-refractivity contribution in [3.05, 3.63) is 64.6 Å². The Labute approximate surface area is 176 Å². The van der Waals surface area contributed by atoms with Gasteiger partial charge in [0.05, 0.1) is 22.7 Å². The highest BCUT2D eigenvalue weighted by molar-refractivity contribution is 6.33. The molecule has 2 aromatic heterocycles. The molecule has 0 unspecified atom stereocenters. The quantitative estimate of drug-likeness (QED) is 0.617. The zero-order chi connectivity index (χ0) is 21.5. The number of amides is 1. The van der Waals surface area contributed by atoms with E-state index in [9.17, 15) is 18.0 Å². The van der Waals surface area contributed by atoms with Crippen molar-refractivity contribution in [3.63, 3.8) is 0 Å². The molecule has 0 bridgehead atoms. The van der Waals surface area contributed by atoms with Crippen molar-refractivity contribution in [2.45, 2.75) is 19.5 Å². The fraction of sp³-hybridized carbons (Fsp3) is 0.333. The number of alkyl halides is 3. The number of carbonyl (C=O) groups is 1. The van der Waals surface area contributed by atoms with Crippen molar-refractivity contribution >= 4 is 28.8 Å². The molecule has 0 spiro atoms. The number of nitrogens with zero attached hydrogens (tertiary/aromatic N) is 4. The van der Waals surface area contributed by atoms with Crippen LogP contribution in [-0.2, 0) is 17.4 Å². The monoisotopic (exact) mass is 436 g/mol. The first kappa shape index (κ1) is 20.5. The Balaban J connectivity index is 1.43. The molecule has 1 aromatic carbocycles. The first-order valence-corrected chi connectivity index (χ1v) is 9.92. The van der Waals surface area contributed by atoms with Crippen molar-refractivity contribution in [3.8, 4) is 0 Å². The average molecular weight is 437 g/mol. The normalized spacial score (nSPS) is 15.1. The Bertz CT molecular complexity index is 1090. The van der Waals surface area contributed by atoms with Crippen molar-refractivity contribution in [2.75, 3.05) is 31.1 Å². The zero-order valence-electron chi connectivity index (χ0n) is 16.3. The van der Waals surface area contributed by atoms with Gasteiger partial charge in [-0.3, -0.25) is 4.79 Å². The van der Waals surface area contributed by atoms with Crippen LogP contribution in [0.4, 0.5) is 18.9 Å². The van der Waals surface area contributed by atoms with Crippen molar-refractivity contribution in [1.29, 1.82) is 0 Å². The van der Waals surface area contributed by atoms with Crippen molar-refractivity contribution < 1.29 is 18.0 Å². The smallest absolute Gasteiger partial charge is 0.368 e. The van der Waals surface area contributed by atoms with E-state index in [2.05, 4.69) is 22.0 Å². The predicted octanol–water partition coefficient (Wildman–Crippen LogP) is 4.21. The van der Waals surface area contributed by atoms with Crippen LogP contribution >= 0.6 is 11.6 Å². The number of anilines is 1. The highest BCUT2D eigenvalue weighted by atomic mass is 35.5. The van der Waals surface area contributed by atoms with E-state index < -0.39 is 11.7 Å². The molecular weight excluding hydrogens is 417 g/mol. The van der Waals surface area contributed by atoms with Crippen LogP contribution in [-0.4, -0.2) is 46.4 Å². The molecule has 1 aliphatic heterocycles. The summed E-state index contributed by atoms with van der Waals surface area (Å²) in [7, 11) is 0. The third kappa shape index (κ3) is 4.23. The maximum absolute atomic E-state index is 13.0. The molecule has 0 N–H and O–H groups in total. The Hall–Kier alpha value is -2.74. The molecular formula is C21H20ClF3N4O. The lowest BCUT2D eigenvalue weighted by molar-refractivity contribution is -0.138. The number of rotatable bonds is 3. The molecule has 30 heavy (non-hydrogen) atoms. The maximum atomic E-state index is 13.0. The second-order valence-corrected chi connectivity index (χ2v) is 7.83. The Morgan fingerprint density at radius 3 is 2.53 bits per heavy atom. The summed E-state index contributed by atoms with van der Waals surface area (Å²) in [4.78, 5) is 20.9. The molecule has 1 fully saturated rings. The fourth-order valence-corrected chi connectivity index (χ4v) is 3.91. The minimum atomic E-state index is -4.50. The number of carbonyl (C=O) groups excluding carboxylic acids is 1. The molecule has 9 heteroatoms. The van der Waals surface area contributed by atoms with E-state index in [-0.39, 0.29) is 23.0 Å². The van der Waals surface area contributed by atoms with Gasteiger partial charge in [-0.2, -0.15) is 13.2 Å². The highest BCUT2D eigenvalue weighted by Crippen LogP contribution is 2.32. The van der Waals surface area contributed by atoms with Gasteiger partial charge in [0, 0.05) is 44.3 Å². The summed E-state index contributed by atoms with van der Waals surface area (Å²) in [5, 5.41) is -0.102. The molecule has 1 aliphatic rings. The van der Waals surface area contributed by atoms with E-state index in [1.165, 1.54) is 16.2 Å². The maximum Gasteiger partial charge on any atom is 0.417 e. The van der Waals surface area contributed by atoms with Gasteiger partial charge in [0.1, 0.15) is 0 Å². The Morgan fingerprint density at radius 1 is 1.13 bits per heavy atom.